The van der Waals surface area contributed by atoms with Gasteiger partial charge in [-0.3, -0.25) is 4.79 Å². The Hall–Kier alpha value is -0.860. The van der Waals surface area contributed by atoms with Gasteiger partial charge in [0.15, 0.2) is 4.34 Å². The minimum atomic E-state index is -0.607. The molecule has 2 rings (SSSR count). The van der Waals surface area contributed by atoms with Crippen molar-refractivity contribution in [2.45, 2.75) is 29.6 Å². The van der Waals surface area contributed by atoms with Crippen molar-refractivity contribution in [3.8, 4) is 0 Å². The zero-order chi connectivity index (χ0) is 15.5. The number of rotatable bonds is 8. The summed E-state index contributed by atoms with van der Waals surface area (Å²) in [5.41, 5.74) is -0.607. The summed E-state index contributed by atoms with van der Waals surface area (Å²) >= 11 is 3.10. The third-order valence-electron chi connectivity index (χ3n) is 3.56. The summed E-state index contributed by atoms with van der Waals surface area (Å²) in [4.78, 5) is 14.3. The monoisotopic (exact) mass is 330 g/mol. The van der Waals surface area contributed by atoms with Crippen molar-refractivity contribution in [3.63, 3.8) is 0 Å². The zero-order valence-corrected chi connectivity index (χ0v) is 14.5. The Morgan fingerprint density at radius 2 is 2.24 bits per heavy atom. The lowest BCUT2D eigenvalue weighted by Crippen LogP contribution is -2.55. The van der Waals surface area contributed by atoms with E-state index in [0.29, 0.717) is 18.3 Å². The van der Waals surface area contributed by atoms with Crippen LogP contribution in [0.5, 0.6) is 0 Å². The lowest BCUT2D eigenvalue weighted by Gasteiger charge is -2.30. The molecule has 1 atom stereocenters. The second kappa shape index (κ2) is 6.93. The van der Waals surface area contributed by atoms with Gasteiger partial charge in [0.2, 0.25) is 5.13 Å². The number of esters is 1. The molecular weight excluding hydrogens is 308 g/mol. The molecule has 1 aliphatic carbocycles. The summed E-state index contributed by atoms with van der Waals surface area (Å²) in [7, 11) is 5.71. The molecule has 1 fully saturated rings. The van der Waals surface area contributed by atoms with Crippen molar-refractivity contribution in [2.75, 3.05) is 38.4 Å². The van der Waals surface area contributed by atoms with E-state index in [9.17, 15) is 4.79 Å². The van der Waals surface area contributed by atoms with E-state index in [-0.39, 0.29) is 5.97 Å². The molecule has 1 unspecified atom stereocenters. The fourth-order valence-corrected chi connectivity index (χ4v) is 4.26. The van der Waals surface area contributed by atoms with Gasteiger partial charge in [-0.25, -0.2) is 0 Å². The molecule has 6 nitrogen and oxygen atoms in total. The van der Waals surface area contributed by atoms with E-state index >= 15 is 0 Å². The van der Waals surface area contributed by atoms with Crippen LogP contribution in [0.25, 0.3) is 0 Å². The minimum absolute atomic E-state index is 0.153. The van der Waals surface area contributed by atoms with E-state index in [1.165, 1.54) is 11.3 Å². The summed E-state index contributed by atoms with van der Waals surface area (Å²) in [6.45, 7) is 2.25. The van der Waals surface area contributed by atoms with Gasteiger partial charge < -0.3 is 15.0 Å². The van der Waals surface area contributed by atoms with Gasteiger partial charge >= 0.3 is 5.97 Å². The van der Waals surface area contributed by atoms with Crippen molar-refractivity contribution in [3.05, 3.63) is 0 Å². The highest BCUT2D eigenvalue weighted by Gasteiger charge is 2.51. The number of carbonyl (C=O) groups is 1. The van der Waals surface area contributed by atoms with Gasteiger partial charge in [0.05, 0.1) is 6.61 Å². The highest BCUT2D eigenvalue weighted by atomic mass is 32.2. The van der Waals surface area contributed by atoms with Crippen LogP contribution in [0.4, 0.5) is 5.13 Å². The molecular formula is C13H22N4O2S2. The molecule has 1 aliphatic rings. The minimum Gasteiger partial charge on any atom is -0.465 e. The Bertz CT molecular complexity index is 490. The van der Waals surface area contributed by atoms with Gasteiger partial charge in [0.1, 0.15) is 5.54 Å². The molecule has 0 radical (unpaired) electrons. The summed E-state index contributed by atoms with van der Waals surface area (Å²) in [5.74, 6) is 0.824. The topological polar surface area (TPSA) is 67.3 Å². The van der Waals surface area contributed by atoms with E-state index in [1.807, 2.05) is 33.0 Å². The molecule has 1 heterocycles. The first kappa shape index (κ1) is 16.5. The molecule has 118 valence electrons. The van der Waals surface area contributed by atoms with Gasteiger partial charge in [-0.1, -0.05) is 23.1 Å². The number of anilines is 1. The maximum atomic E-state index is 12.4. The number of aromatic nitrogens is 2. The lowest BCUT2D eigenvalue weighted by atomic mass is 9.96. The van der Waals surface area contributed by atoms with Gasteiger partial charge in [-0.05, 0) is 32.7 Å². The van der Waals surface area contributed by atoms with Crippen molar-refractivity contribution >= 4 is 34.2 Å². The van der Waals surface area contributed by atoms with Gasteiger partial charge in [0.25, 0.3) is 0 Å². The second-order valence-corrected chi connectivity index (χ2v) is 7.43. The predicted octanol–water partition coefficient (Wildman–Crippen LogP) is 1.63. The van der Waals surface area contributed by atoms with Gasteiger partial charge in [-0.15, -0.1) is 10.2 Å². The number of nitrogens with zero attached hydrogens (tertiary/aromatic N) is 3. The molecule has 0 aromatic carbocycles. The van der Waals surface area contributed by atoms with Crippen LogP contribution in [0.2, 0.25) is 0 Å². The molecule has 0 spiro atoms. The van der Waals surface area contributed by atoms with E-state index in [2.05, 4.69) is 15.5 Å². The smallest absolute Gasteiger partial charge is 0.327 e. The van der Waals surface area contributed by atoms with E-state index in [4.69, 9.17) is 4.74 Å². The van der Waals surface area contributed by atoms with E-state index in [1.54, 1.807) is 11.8 Å². The van der Waals surface area contributed by atoms with E-state index in [0.717, 1.165) is 22.3 Å². The number of carbonyl (C=O) groups excluding carboxylic acids is 1. The first-order valence-electron chi connectivity index (χ1n) is 7.03. The van der Waals surface area contributed by atoms with Gasteiger partial charge in [0, 0.05) is 19.8 Å². The molecule has 1 N–H and O–H groups in total. The molecule has 21 heavy (non-hydrogen) atoms. The Morgan fingerprint density at radius 1 is 1.52 bits per heavy atom. The summed E-state index contributed by atoms with van der Waals surface area (Å²) < 4.78 is 6.15. The molecule has 0 aliphatic heterocycles. The van der Waals surface area contributed by atoms with Crippen LogP contribution >= 0.6 is 23.1 Å². The normalized spacial score (nSPS) is 17.3. The number of hydrogen-bond donors (Lipinski definition) is 1. The van der Waals surface area contributed by atoms with Crippen molar-refractivity contribution in [2.24, 2.45) is 5.92 Å². The number of thioether (sulfide) groups is 1. The fourth-order valence-electron chi connectivity index (χ4n) is 2.17. The van der Waals surface area contributed by atoms with E-state index < -0.39 is 5.54 Å². The molecule has 0 bridgehead atoms. The van der Waals surface area contributed by atoms with Gasteiger partial charge in [-0.2, -0.15) is 0 Å². The fraction of sp³-hybridized carbons (Fsp3) is 0.769. The zero-order valence-electron chi connectivity index (χ0n) is 12.9. The second-order valence-electron chi connectivity index (χ2n) is 5.25. The van der Waals surface area contributed by atoms with Crippen LogP contribution in [-0.4, -0.2) is 55.2 Å². The predicted molar refractivity (Wildman–Crippen MR) is 86.1 cm³/mol. The Balaban J connectivity index is 2.06. The summed E-state index contributed by atoms with van der Waals surface area (Å²) in [6, 6.07) is 0. The number of nitrogens with one attached hydrogen (secondary N) is 1. The largest absolute Gasteiger partial charge is 0.465 e. The average Bonchev–Trinajstić information content (AvgIpc) is 3.18. The third kappa shape index (κ3) is 3.67. The van der Waals surface area contributed by atoms with Crippen LogP contribution in [0.1, 0.15) is 19.8 Å². The molecule has 1 saturated carbocycles. The molecule has 1 aromatic heterocycles. The van der Waals surface area contributed by atoms with Crippen molar-refractivity contribution < 1.29 is 9.53 Å². The van der Waals surface area contributed by atoms with Crippen LogP contribution in [0.3, 0.4) is 0 Å². The number of hydrogen-bond acceptors (Lipinski definition) is 8. The quantitative estimate of drug-likeness (QED) is 0.574. The third-order valence-corrected chi connectivity index (χ3v) is 5.98. The highest BCUT2D eigenvalue weighted by molar-refractivity contribution is 8.01. The van der Waals surface area contributed by atoms with Crippen LogP contribution < -0.4 is 10.2 Å². The maximum Gasteiger partial charge on any atom is 0.327 e. The summed E-state index contributed by atoms with van der Waals surface area (Å²) in [5, 5.41) is 12.4. The summed E-state index contributed by atoms with van der Waals surface area (Å²) in [6.07, 6.45) is 2.14. The van der Waals surface area contributed by atoms with Crippen LogP contribution in [0, 0.1) is 5.92 Å². The Labute approximate surface area is 133 Å². The molecule has 8 heteroatoms. The SMILES string of the molecule is CCOC(=O)C(CSc1nnc(N(C)C)s1)(NC)C1CC1. The standard InChI is InChI=1S/C13H22N4O2S2/c1-5-19-10(18)13(14-2,9-6-7-9)8-20-12-16-15-11(21-12)17(3)4/h9,14H,5-8H2,1-4H3. The number of likely N-dealkylation sites (N-methyl/N-ethyl adjacent to an activating group) is 1. The molecule has 0 amide bonds. The van der Waals surface area contributed by atoms with Crippen molar-refractivity contribution in [1.82, 2.24) is 15.5 Å². The first-order chi connectivity index (χ1) is 10.0. The first-order valence-corrected chi connectivity index (χ1v) is 8.83. The number of ether oxygens (including phenoxy) is 1. The maximum absolute atomic E-state index is 12.4. The Kier molecular flexibility index (Phi) is 5.45. The Morgan fingerprint density at radius 3 is 2.71 bits per heavy atom. The van der Waals surface area contributed by atoms with Crippen molar-refractivity contribution in [1.29, 1.82) is 0 Å². The molecule has 1 aromatic rings. The van der Waals surface area contributed by atoms with Crippen LogP contribution in [0.15, 0.2) is 4.34 Å². The highest BCUT2D eigenvalue weighted by Crippen LogP contribution is 2.43. The average molecular weight is 330 g/mol. The lowest BCUT2D eigenvalue weighted by molar-refractivity contribution is -0.150. The molecule has 0 saturated heterocycles. The van der Waals surface area contributed by atoms with Crippen LogP contribution in [-0.2, 0) is 9.53 Å².